The number of anilines is 1. The van der Waals surface area contributed by atoms with Gasteiger partial charge in [0.2, 0.25) is 5.91 Å². The van der Waals surface area contributed by atoms with E-state index in [-0.39, 0.29) is 0 Å². The Morgan fingerprint density at radius 3 is 2.88 bits per heavy atom. The van der Waals surface area contributed by atoms with Crippen LogP contribution in [0, 0.1) is 5.82 Å². The Morgan fingerprint density at radius 2 is 2.00 bits per heavy atom. The summed E-state index contributed by atoms with van der Waals surface area (Å²) in [5.74, 6) is -0.389. The molecule has 0 fully saturated rings. The Balaban J connectivity index is 1.61. The number of aromatic nitrogens is 4. The average molecular weight is 333 g/mol. The van der Waals surface area contributed by atoms with Crippen molar-refractivity contribution >= 4 is 34.1 Å². The number of hydrogen-bond acceptors (Lipinski definition) is 4. The Morgan fingerprint density at radius 1 is 1.12 bits per heavy atom. The normalized spacial score (nSPS) is 11.4. The van der Waals surface area contributed by atoms with Gasteiger partial charge in [0.05, 0.1) is 6.20 Å². The van der Waals surface area contributed by atoms with E-state index < -0.39 is 11.7 Å². The molecule has 0 aliphatic rings. The maximum absolute atomic E-state index is 13.1. The van der Waals surface area contributed by atoms with Crippen molar-refractivity contribution in [2.75, 3.05) is 5.32 Å². The summed E-state index contributed by atoms with van der Waals surface area (Å²) < 4.78 is 14.7. The monoisotopic (exact) mass is 333 g/mol. The maximum Gasteiger partial charge on any atom is 0.248 e. The third kappa shape index (κ3) is 2.94. The summed E-state index contributed by atoms with van der Waals surface area (Å²) in [5, 5.41) is 17.0. The van der Waals surface area contributed by atoms with E-state index in [0.29, 0.717) is 17.2 Å². The molecule has 0 unspecified atom stereocenters. The van der Waals surface area contributed by atoms with Gasteiger partial charge in [0.25, 0.3) is 0 Å². The van der Waals surface area contributed by atoms with E-state index in [1.807, 2.05) is 24.3 Å². The Hall–Kier alpha value is -3.61. The highest BCUT2D eigenvalue weighted by Crippen LogP contribution is 2.17. The van der Waals surface area contributed by atoms with E-state index in [9.17, 15) is 9.18 Å². The van der Waals surface area contributed by atoms with Crippen molar-refractivity contribution in [1.29, 1.82) is 0 Å². The number of nitrogens with zero attached hydrogens (tertiary/aromatic N) is 4. The molecular formula is C18H12FN5O. The van der Waals surface area contributed by atoms with Crippen LogP contribution in [0.25, 0.3) is 22.5 Å². The molecule has 2 aromatic heterocycles. The van der Waals surface area contributed by atoms with Gasteiger partial charge in [0.1, 0.15) is 5.82 Å². The largest absolute Gasteiger partial charge is 0.322 e. The average Bonchev–Trinajstić information content (AvgIpc) is 3.03. The predicted octanol–water partition coefficient (Wildman–Crippen LogP) is 3.07. The summed E-state index contributed by atoms with van der Waals surface area (Å²) in [5.41, 5.74) is 0.994. The molecule has 0 atom stereocenters. The van der Waals surface area contributed by atoms with Crippen molar-refractivity contribution in [2.24, 2.45) is 0 Å². The van der Waals surface area contributed by atoms with E-state index in [1.165, 1.54) is 30.4 Å². The molecule has 0 radical (unpaired) electrons. The summed E-state index contributed by atoms with van der Waals surface area (Å²) in [6.45, 7) is 0. The zero-order valence-corrected chi connectivity index (χ0v) is 12.9. The van der Waals surface area contributed by atoms with Gasteiger partial charge in [-0.1, -0.05) is 30.3 Å². The molecule has 0 aliphatic carbocycles. The van der Waals surface area contributed by atoms with Crippen LogP contribution in [-0.2, 0) is 4.79 Å². The van der Waals surface area contributed by atoms with Gasteiger partial charge < -0.3 is 5.32 Å². The molecule has 122 valence electrons. The minimum atomic E-state index is -0.415. The Kier molecular flexibility index (Phi) is 3.66. The molecule has 7 heteroatoms. The van der Waals surface area contributed by atoms with Gasteiger partial charge in [-0.05, 0) is 24.3 Å². The van der Waals surface area contributed by atoms with E-state index in [4.69, 9.17) is 0 Å². The quantitative estimate of drug-likeness (QED) is 0.585. The molecule has 1 N–H and O–H groups in total. The number of benzene rings is 2. The molecule has 0 spiro atoms. The van der Waals surface area contributed by atoms with Crippen molar-refractivity contribution < 1.29 is 9.18 Å². The van der Waals surface area contributed by atoms with E-state index >= 15 is 0 Å². The highest BCUT2D eigenvalue weighted by molar-refractivity contribution is 6.01. The first-order chi connectivity index (χ1) is 12.2. The number of rotatable bonds is 3. The van der Waals surface area contributed by atoms with E-state index in [1.54, 1.807) is 16.8 Å². The molecule has 1 amide bonds. The Labute approximate surface area is 141 Å². The third-order valence-electron chi connectivity index (χ3n) is 3.65. The van der Waals surface area contributed by atoms with Crippen LogP contribution in [0.15, 0.2) is 60.8 Å². The number of carbonyl (C=O) groups excluding carboxylic acids is 1. The van der Waals surface area contributed by atoms with Crippen LogP contribution in [0.1, 0.15) is 5.82 Å². The number of nitrogens with one attached hydrogen (secondary N) is 1. The fourth-order valence-corrected chi connectivity index (χ4v) is 2.51. The van der Waals surface area contributed by atoms with E-state index in [2.05, 4.69) is 20.6 Å². The minimum Gasteiger partial charge on any atom is -0.322 e. The lowest BCUT2D eigenvalue weighted by atomic mass is 10.2. The summed E-state index contributed by atoms with van der Waals surface area (Å²) in [6.07, 6.45) is 4.53. The molecule has 25 heavy (non-hydrogen) atoms. The molecule has 0 saturated carbocycles. The summed E-state index contributed by atoms with van der Waals surface area (Å²) in [7, 11) is 0. The van der Waals surface area contributed by atoms with Gasteiger partial charge in [-0.25, -0.2) is 4.39 Å². The highest BCUT2D eigenvalue weighted by atomic mass is 19.1. The fraction of sp³-hybridized carbons (Fsp3) is 0. The molecule has 4 rings (SSSR count). The van der Waals surface area contributed by atoms with Gasteiger partial charge in [0, 0.05) is 22.5 Å². The number of amides is 1. The molecule has 0 saturated heterocycles. The van der Waals surface area contributed by atoms with Crippen molar-refractivity contribution in [3.8, 4) is 0 Å². The molecule has 4 aromatic rings. The second-order valence-corrected chi connectivity index (χ2v) is 5.36. The third-order valence-corrected chi connectivity index (χ3v) is 3.65. The molecule has 2 heterocycles. The highest BCUT2D eigenvalue weighted by Gasteiger charge is 2.08. The molecule has 0 bridgehead atoms. The van der Waals surface area contributed by atoms with Crippen LogP contribution in [0.3, 0.4) is 0 Å². The lowest BCUT2D eigenvalue weighted by Crippen LogP contribution is -2.08. The van der Waals surface area contributed by atoms with Crippen LogP contribution >= 0.6 is 0 Å². The van der Waals surface area contributed by atoms with Crippen molar-refractivity contribution in [3.63, 3.8) is 0 Å². The fourth-order valence-electron chi connectivity index (χ4n) is 2.51. The topological polar surface area (TPSA) is 72.2 Å². The molecule has 2 aromatic carbocycles. The summed E-state index contributed by atoms with van der Waals surface area (Å²) in [6, 6.07) is 13.4. The van der Waals surface area contributed by atoms with Gasteiger partial charge in [-0.15, -0.1) is 10.2 Å². The second kappa shape index (κ2) is 6.12. The van der Waals surface area contributed by atoms with Crippen molar-refractivity contribution in [3.05, 3.63) is 72.4 Å². The van der Waals surface area contributed by atoms with Crippen LogP contribution in [0.4, 0.5) is 10.1 Å². The standard InChI is InChI=1S/C18H12FN5O/c19-13-5-3-6-14(10-13)21-17(25)9-8-16-22-23-18-15-7-2-1-4-12(15)11-20-24(16)18/h1-11H,(H,21,25). The minimum absolute atomic E-state index is 0.380. The summed E-state index contributed by atoms with van der Waals surface area (Å²) in [4.78, 5) is 12.0. The van der Waals surface area contributed by atoms with Crippen LogP contribution < -0.4 is 5.32 Å². The first-order valence-corrected chi connectivity index (χ1v) is 7.54. The smallest absolute Gasteiger partial charge is 0.248 e. The van der Waals surface area contributed by atoms with E-state index in [0.717, 1.165) is 10.8 Å². The maximum atomic E-state index is 13.1. The first kappa shape index (κ1) is 14.9. The summed E-state index contributed by atoms with van der Waals surface area (Å²) >= 11 is 0. The SMILES string of the molecule is O=C(C=Cc1nnc2c3ccccc3cnn12)Nc1cccc(F)c1. The zero-order valence-electron chi connectivity index (χ0n) is 12.9. The first-order valence-electron chi connectivity index (χ1n) is 7.54. The van der Waals surface area contributed by atoms with Crippen LogP contribution in [0.2, 0.25) is 0 Å². The van der Waals surface area contributed by atoms with Gasteiger partial charge in [-0.2, -0.15) is 9.61 Å². The molecule has 0 aliphatic heterocycles. The Bertz CT molecular complexity index is 1120. The lowest BCUT2D eigenvalue weighted by molar-refractivity contribution is -0.111. The number of carbonyl (C=O) groups is 1. The second-order valence-electron chi connectivity index (χ2n) is 5.36. The zero-order chi connectivity index (χ0) is 17.2. The van der Waals surface area contributed by atoms with Gasteiger partial charge in [0.15, 0.2) is 11.5 Å². The molecule has 6 nitrogen and oxygen atoms in total. The number of fused-ring (bicyclic) bond motifs is 3. The van der Waals surface area contributed by atoms with Crippen molar-refractivity contribution in [1.82, 2.24) is 19.8 Å². The van der Waals surface area contributed by atoms with Gasteiger partial charge in [-0.3, -0.25) is 4.79 Å². The number of halogens is 1. The molecular weight excluding hydrogens is 321 g/mol. The van der Waals surface area contributed by atoms with Gasteiger partial charge >= 0.3 is 0 Å². The van der Waals surface area contributed by atoms with Crippen LogP contribution in [-0.4, -0.2) is 25.7 Å². The predicted molar refractivity (Wildman–Crippen MR) is 92.4 cm³/mol. The van der Waals surface area contributed by atoms with Crippen LogP contribution in [0.5, 0.6) is 0 Å². The lowest BCUT2D eigenvalue weighted by Gasteiger charge is -2.01. The van der Waals surface area contributed by atoms with Crippen molar-refractivity contribution in [2.45, 2.75) is 0 Å². The number of hydrogen-bond donors (Lipinski definition) is 1.